The van der Waals surface area contributed by atoms with E-state index in [1.807, 2.05) is 30.3 Å². The minimum absolute atomic E-state index is 0.154. The summed E-state index contributed by atoms with van der Waals surface area (Å²) in [7, 11) is 0. The Hall–Kier alpha value is -3.52. The third-order valence-electron chi connectivity index (χ3n) is 5.24. The Morgan fingerprint density at radius 1 is 1.00 bits per heavy atom. The lowest BCUT2D eigenvalue weighted by Gasteiger charge is -2.13. The summed E-state index contributed by atoms with van der Waals surface area (Å²) in [5, 5.41) is 17.3. The zero-order valence-corrected chi connectivity index (χ0v) is 17.5. The predicted octanol–water partition coefficient (Wildman–Crippen LogP) is 4.72. The smallest absolute Gasteiger partial charge is 0.270 e. The molecular formula is C23H21N3O4S. The van der Waals surface area contributed by atoms with Gasteiger partial charge in [-0.05, 0) is 42.9 Å². The van der Waals surface area contributed by atoms with E-state index in [1.165, 1.54) is 35.6 Å². The highest BCUT2D eigenvalue weighted by molar-refractivity contribution is 7.17. The van der Waals surface area contributed by atoms with E-state index in [9.17, 15) is 19.7 Å². The van der Waals surface area contributed by atoms with Crippen LogP contribution in [0.1, 0.15) is 49.6 Å². The first-order valence-electron chi connectivity index (χ1n) is 10.1. The lowest BCUT2D eigenvalue weighted by Crippen LogP contribution is -2.25. The quantitative estimate of drug-likeness (QED) is 0.432. The molecule has 0 fully saturated rings. The summed E-state index contributed by atoms with van der Waals surface area (Å²) in [5.74, 6) is -0.697. The number of anilines is 1. The normalized spacial score (nSPS) is 12.6. The van der Waals surface area contributed by atoms with E-state index < -0.39 is 10.8 Å². The molecule has 0 spiro atoms. The van der Waals surface area contributed by atoms with Crippen molar-refractivity contribution in [3.05, 3.63) is 91.8 Å². The summed E-state index contributed by atoms with van der Waals surface area (Å²) in [5.41, 5.74) is 2.52. The van der Waals surface area contributed by atoms with Crippen LogP contribution in [-0.4, -0.2) is 16.7 Å². The Kier molecular flexibility index (Phi) is 6.08. The van der Waals surface area contributed by atoms with Crippen molar-refractivity contribution in [2.45, 2.75) is 32.2 Å². The number of nitro groups is 1. The first kappa shape index (κ1) is 20.7. The van der Waals surface area contributed by atoms with E-state index in [-0.39, 0.29) is 17.2 Å². The number of nitrogens with zero attached hydrogens (tertiary/aromatic N) is 1. The monoisotopic (exact) mass is 435 g/mol. The van der Waals surface area contributed by atoms with Crippen LogP contribution in [0, 0.1) is 10.1 Å². The highest BCUT2D eigenvalue weighted by Gasteiger charge is 2.26. The van der Waals surface area contributed by atoms with Gasteiger partial charge in [-0.3, -0.25) is 19.7 Å². The van der Waals surface area contributed by atoms with Crippen molar-refractivity contribution < 1.29 is 14.5 Å². The molecular weight excluding hydrogens is 414 g/mol. The molecule has 1 aromatic heterocycles. The number of benzene rings is 2. The molecule has 0 bridgehead atoms. The van der Waals surface area contributed by atoms with Crippen molar-refractivity contribution >= 4 is 33.8 Å². The van der Waals surface area contributed by atoms with E-state index in [4.69, 9.17) is 0 Å². The van der Waals surface area contributed by atoms with E-state index in [1.54, 1.807) is 0 Å². The summed E-state index contributed by atoms with van der Waals surface area (Å²) in [6, 6.07) is 15.2. The van der Waals surface area contributed by atoms with Crippen molar-refractivity contribution in [3.63, 3.8) is 0 Å². The molecule has 0 saturated carbocycles. The maximum Gasteiger partial charge on any atom is 0.270 e. The fourth-order valence-electron chi connectivity index (χ4n) is 3.70. The molecule has 1 heterocycles. The molecule has 8 heteroatoms. The number of carbonyl (C=O) groups is 2. The first-order valence-corrected chi connectivity index (χ1v) is 10.9. The average molecular weight is 436 g/mol. The van der Waals surface area contributed by atoms with Gasteiger partial charge < -0.3 is 10.6 Å². The fourth-order valence-corrected chi connectivity index (χ4v) is 4.98. The molecule has 2 amide bonds. The molecule has 3 aromatic rings. The SMILES string of the molecule is O=C(Nc1sc2c(c1C(=O)NCc1ccccc1)CCCC2)c1cccc([N+](=O)[O-])c1. The van der Waals surface area contributed by atoms with Crippen molar-refractivity contribution in [1.82, 2.24) is 5.32 Å². The maximum absolute atomic E-state index is 13.1. The van der Waals surface area contributed by atoms with Crippen molar-refractivity contribution in [1.29, 1.82) is 0 Å². The summed E-state index contributed by atoms with van der Waals surface area (Å²) in [4.78, 5) is 37.5. The van der Waals surface area contributed by atoms with Crippen LogP contribution in [0.5, 0.6) is 0 Å². The number of nitro benzene ring substituents is 1. The second-order valence-corrected chi connectivity index (χ2v) is 8.45. The van der Waals surface area contributed by atoms with Gasteiger partial charge in [-0.1, -0.05) is 36.4 Å². The van der Waals surface area contributed by atoms with Crippen LogP contribution < -0.4 is 10.6 Å². The molecule has 4 rings (SSSR count). The first-order chi connectivity index (χ1) is 15.0. The number of rotatable bonds is 6. The number of aryl methyl sites for hydroxylation is 1. The molecule has 1 aliphatic carbocycles. The number of carbonyl (C=O) groups excluding carboxylic acids is 2. The standard InChI is InChI=1S/C23H21N3O4S/c27-21(16-9-6-10-17(13-16)26(29)30)25-23-20(18-11-4-5-12-19(18)31-23)22(28)24-14-15-7-2-1-3-8-15/h1-3,6-10,13H,4-5,11-12,14H2,(H,24,28)(H,25,27). The molecule has 0 saturated heterocycles. The van der Waals surface area contributed by atoms with Crippen LogP contribution in [0.25, 0.3) is 0 Å². The Morgan fingerprint density at radius 3 is 2.55 bits per heavy atom. The number of hydrogen-bond donors (Lipinski definition) is 2. The van der Waals surface area contributed by atoms with Crippen molar-refractivity contribution in [2.75, 3.05) is 5.32 Å². The number of nitrogens with one attached hydrogen (secondary N) is 2. The van der Waals surface area contributed by atoms with Gasteiger partial charge in [0.25, 0.3) is 17.5 Å². The zero-order valence-electron chi connectivity index (χ0n) is 16.7. The molecule has 0 aliphatic heterocycles. The average Bonchev–Trinajstić information content (AvgIpc) is 3.16. The Bertz CT molecular complexity index is 1140. The van der Waals surface area contributed by atoms with Crippen molar-refractivity contribution in [2.24, 2.45) is 0 Å². The van der Waals surface area contributed by atoms with E-state index >= 15 is 0 Å². The van der Waals surface area contributed by atoms with E-state index in [0.29, 0.717) is 17.1 Å². The van der Waals surface area contributed by atoms with Gasteiger partial charge >= 0.3 is 0 Å². The molecule has 0 unspecified atom stereocenters. The van der Waals surface area contributed by atoms with Crippen LogP contribution in [0.15, 0.2) is 54.6 Å². The number of fused-ring (bicyclic) bond motifs is 1. The Labute approximate surface area is 183 Å². The van der Waals surface area contributed by atoms with Crippen molar-refractivity contribution in [3.8, 4) is 0 Å². The van der Waals surface area contributed by atoms with E-state index in [0.717, 1.165) is 41.7 Å². The van der Waals surface area contributed by atoms with Gasteiger partial charge in [0.1, 0.15) is 5.00 Å². The lowest BCUT2D eigenvalue weighted by molar-refractivity contribution is -0.384. The second kappa shape index (κ2) is 9.09. The highest BCUT2D eigenvalue weighted by atomic mass is 32.1. The third-order valence-corrected chi connectivity index (χ3v) is 6.45. The highest BCUT2D eigenvalue weighted by Crippen LogP contribution is 2.38. The summed E-state index contributed by atoms with van der Waals surface area (Å²) >= 11 is 1.42. The Morgan fingerprint density at radius 2 is 1.77 bits per heavy atom. The van der Waals surface area contributed by atoms with Crippen LogP contribution in [0.2, 0.25) is 0 Å². The van der Waals surface area contributed by atoms with Gasteiger partial charge in [0.2, 0.25) is 0 Å². The van der Waals surface area contributed by atoms with Crippen LogP contribution in [-0.2, 0) is 19.4 Å². The zero-order chi connectivity index (χ0) is 21.8. The van der Waals surface area contributed by atoms with Gasteiger partial charge in [-0.2, -0.15) is 0 Å². The molecule has 158 valence electrons. The van der Waals surface area contributed by atoms with Crippen LogP contribution in [0.4, 0.5) is 10.7 Å². The number of thiophene rings is 1. The topological polar surface area (TPSA) is 101 Å². The Balaban J connectivity index is 1.59. The van der Waals surface area contributed by atoms with E-state index in [2.05, 4.69) is 10.6 Å². The van der Waals surface area contributed by atoms with Gasteiger partial charge in [0.05, 0.1) is 10.5 Å². The molecule has 0 atom stereocenters. The number of non-ortho nitro benzene ring substituents is 1. The van der Waals surface area contributed by atoms with Gasteiger partial charge in [-0.15, -0.1) is 11.3 Å². The second-order valence-electron chi connectivity index (χ2n) is 7.34. The number of amides is 2. The minimum Gasteiger partial charge on any atom is -0.348 e. The molecule has 2 aromatic carbocycles. The van der Waals surface area contributed by atoms with Gasteiger partial charge in [0.15, 0.2) is 0 Å². The maximum atomic E-state index is 13.1. The molecule has 31 heavy (non-hydrogen) atoms. The molecule has 7 nitrogen and oxygen atoms in total. The summed E-state index contributed by atoms with van der Waals surface area (Å²) in [6.45, 7) is 0.391. The largest absolute Gasteiger partial charge is 0.348 e. The molecule has 0 radical (unpaired) electrons. The van der Waals surface area contributed by atoms with Gasteiger partial charge in [-0.25, -0.2) is 0 Å². The van der Waals surface area contributed by atoms with Crippen LogP contribution >= 0.6 is 11.3 Å². The molecule has 2 N–H and O–H groups in total. The number of hydrogen-bond acceptors (Lipinski definition) is 5. The van der Waals surface area contributed by atoms with Crippen LogP contribution in [0.3, 0.4) is 0 Å². The minimum atomic E-state index is -0.539. The lowest BCUT2D eigenvalue weighted by atomic mass is 9.95. The molecule has 1 aliphatic rings. The predicted molar refractivity (Wildman–Crippen MR) is 120 cm³/mol. The van der Waals surface area contributed by atoms with Gasteiger partial charge in [0, 0.05) is 29.1 Å². The summed E-state index contributed by atoms with van der Waals surface area (Å²) < 4.78 is 0. The third kappa shape index (κ3) is 4.64. The summed E-state index contributed by atoms with van der Waals surface area (Å²) in [6.07, 6.45) is 3.73. The fraction of sp³-hybridized carbons (Fsp3) is 0.217.